The van der Waals surface area contributed by atoms with Gasteiger partial charge in [-0.3, -0.25) is 4.98 Å². The van der Waals surface area contributed by atoms with Gasteiger partial charge in [-0.15, -0.1) is 0 Å². The van der Waals surface area contributed by atoms with Gasteiger partial charge < -0.3 is 0 Å². The Morgan fingerprint density at radius 1 is 0.842 bits per heavy atom. The molecule has 1 heteroatoms. The van der Waals surface area contributed by atoms with Crippen LogP contribution in [0.4, 0.5) is 0 Å². The molecule has 0 spiro atoms. The Hall–Kier alpha value is -4.23. The van der Waals surface area contributed by atoms with Crippen LogP contribution in [0.1, 0.15) is 78.1 Å². The second-order valence-electron chi connectivity index (χ2n) is 10.7. The van der Waals surface area contributed by atoms with Crippen LogP contribution in [0, 0.1) is 0 Å². The number of benzene rings is 3. The highest BCUT2D eigenvalue weighted by Crippen LogP contribution is 2.49. The number of aromatic nitrogens is 1. The van der Waals surface area contributed by atoms with Crippen molar-refractivity contribution in [1.29, 1.82) is 0 Å². The zero-order valence-electron chi connectivity index (χ0n) is 22.4. The third-order valence-corrected chi connectivity index (χ3v) is 8.07. The van der Waals surface area contributed by atoms with Crippen molar-refractivity contribution in [2.75, 3.05) is 0 Å². The van der Waals surface area contributed by atoms with Gasteiger partial charge >= 0.3 is 0 Å². The number of hydrogen-bond acceptors (Lipinski definition) is 1. The van der Waals surface area contributed by atoms with Crippen molar-refractivity contribution in [3.63, 3.8) is 0 Å². The van der Waals surface area contributed by atoms with Crippen LogP contribution < -0.4 is 0 Å². The van der Waals surface area contributed by atoms with E-state index in [-0.39, 0.29) is 11.8 Å². The van der Waals surface area contributed by atoms with E-state index in [2.05, 4.69) is 137 Å². The van der Waals surface area contributed by atoms with Crippen LogP contribution in [0.2, 0.25) is 0 Å². The van der Waals surface area contributed by atoms with Crippen LogP contribution in [0.3, 0.4) is 0 Å². The first-order valence-corrected chi connectivity index (χ1v) is 13.5. The van der Waals surface area contributed by atoms with Crippen molar-refractivity contribution in [3.8, 4) is 0 Å². The summed E-state index contributed by atoms with van der Waals surface area (Å²) < 4.78 is 0. The van der Waals surface area contributed by atoms with Crippen molar-refractivity contribution in [1.82, 2.24) is 4.98 Å². The summed E-state index contributed by atoms with van der Waals surface area (Å²) >= 11 is 0. The predicted octanol–water partition coefficient (Wildman–Crippen LogP) is 9.60. The van der Waals surface area contributed by atoms with Gasteiger partial charge in [0.05, 0.1) is 5.69 Å². The first kappa shape index (κ1) is 24.1. The molecule has 1 heterocycles. The molecule has 0 saturated carbocycles. The Balaban J connectivity index is 1.55. The van der Waals surface area contributed by atoms with Crippen molar-refractivity contribution in [2.45, 2.75) is 39.0 Å². The third kappa shape index (κ3) is 4.29. The van der Waals surface area contributed by atoms with E-state index in [4.69, 9.17) is 4.98 Å². The molecule has 0 amide bonds. The summed E-state index contributed by atoms with van der Waals surface area (Å²) in [5, 5.41) is 0. The lowest BCUT2D eigenvalue weighted by Gasteiger charge is -2.25. The molecular formula is C37H33N. The molecule has 4 aromatic rings. The summed E-state index contributed by atoms with van der Waals surface area (Å²) in [6.45, 7) is 10.6. The minimum absolute atomic E-state index is 0.171. The number of allylic oxidation sites excluding steroid dienone is 6. The monoisotopic (exact) mass is 491 g/mol. The minimum Gasteiger partial charge on any atom is -0.255 e. The summed E-state index contributed by atoms with van der Waals surface area (Å²) in [5.74, 6) is 0.361. The SMILES string of the molecule is C=C(C)c1ccc(C2=CC(C(c3ccccc3)c3ccccc3)c3cc(C4=C(C)CC=C4C)cnc32)cc1. The van der Waals surface area contributed by atoms with E-state index >= 15 is 0 Å². The van der Waals surface area contributed by atoms with Gasteiger partial charge in [-0.05, 0) is 72.2 Å². The van der Waals surface area contributed by atoms with E-state index in [9.17, 15) is 0 Å². The second-order valence-corrected chi connectivity index (χ2v) is 10.7. The lowest BCUT2D eigenvalue weighted by Crippen LogP contribution is -2.11. The standard InChI is InChI=1S/C37H33N/c1-24(2)27-17-19-28(20-18-27)32-22-33(36(29-11-7-5-8-12-29)30-13-9-6-10-14-30)34-21-31(23-38-37(32)34)35-25(3)15-16-26(35)4/h5-15,17-23,33,36H,1,16H2,2-4H3. The van der Waals surface area contributed by atoms with E-state index in [1.165, 1.54) is 55.7 Å². The van der Waals surface area contributed by atoms with Gasteiger partial charge in [0, 0.05) is 29.2 Å². The molecule has 38 heavy (non-hydrogen) atoms. The summed E-state index contributed by atoms with van der Waals surface area (Å²) in [4.78, 5) is 5.16. The second kappa shape index (κ2) is 9.91. The average Bonchev–Trinajstić information content (AvgIpc) is 3.49. The molecule has 0 radical (unpaired) electrons. The number of hydrogen-bond donors (Lipinski definition) is 0. The van der Waals surface area contributed by atoms with E-state index in [0.29, 0.717) is 0 Å². The molecule has 0 bridgehead atoms. The molecule has 1 nitrogen and oxygen atoms in total. The summed E-state index contributed by atoms with van der Waals surface area (Å²) in [5.41, 5.74) is 15.1. The van der Waals surface area contributed by atoms with Gasteiger partial charge in [-0.1, -0.05) is 115 Å². The maximum atomic E-state index is 5.16. The molecule has 1 unspecified atom stereocenters. The molecule has 3 aromatic carbocycles. The number of nitrogens with zero attached hydrogens (tertiary/aromatic N) is 1. The number of rotatable bonds is 6. The van der Waals surface area contributed by atoms with Crippen molar-refractivity contribution >= 4 is 16.7 Å². The molecule has 2 aliphatic carbocycles. The fourth-order valence-corrected chi connectivity index (χ4v) is 6.14. The first-order valence-electron chi connectivity index (χ1n) is 13.5. The number of fused-ring (bicyclic) bond motifs is 1. The maximum absolute atomic E-state index is 5.16. The van der Waals surface area contributed by atoms with Crippen molar-refractivity contribution < 1.29 is 0 Å². The van der Waals surface area contributed by atoms with Crippen LogP contribution in [0.25, 0.3) is 16.7 Å². The van der Waals surface area contributed by atoms with Crippen LogP contribution in [-0.2, 0) is 0 Å². The summed E-state index contributed by atoms with van der Waals surface area (Å²) in [6, 6.07) is 33.0. The molecular weight excluding hydrogens is 458 g/mol. The average molecular weight is 492 g/mol. The van der Waals surface area contributed by atoms with Gasteiger partial charge in [0.1, 0.15) is 0 Å². The molecule has 186 valence electrons. The van der Waals surface area contributed by atoms with Gasteiger partial charge in [-0.2, -0.15) is 0 Å². The predicted molar refractivity (Wildman–Crippen MR) is 161 cm³/mol. The fraction of sp³-hybridized carbons (Fsp3) is 0.162. The fourth-order valence-electron chi connectivity index (χ4n) is 6.14. The van der Waals surface area contributed by atoms with E-state index in [0.717, 1.165) is 17.7 Å². The molecule has 6 rings (SSSR count). The largest absolute Gasteiger partial charge is 0.255 e. The van der Waals surface area contributed by atoms with Crippen molar-refractivity contribution in [2.24, 2.45) is 0 Å². The first-order chi connectivity index (χ1) is 18.5. The zero-order valence-corrected chi connectivity index (χ0v) is 22.4. The Bertz CT molecular complexity index is 1560. The van der Waals surface area contributed by atoms with E-state index in [1.54, 1.807) is 0 Å². The van der Waals surface area contributed by atoms with Gasteiger partial charge in [0.15, 0.2) is 0 Å². The Morgan fingerprint density at radius 2 is 1.47 bits per heavy atom. The van der Waals surface area contributed by atoms with Crippen LogP contribution >= 0.6 is 0 Å². The highest BCUT2D eigenvalue weighted by atomic mass is 14.7. The van der Waals surface area contributed by atoms with E-state index < -0.39 is 0 Å². The molecule has 0 aliphatic heterocycles. The van der Waals surface area contributed by atoms with Crippen LogP contribution in [-0.4, -0.2) is 4.98 Å². The lowest BCUT2D eigenvalue weighted by atomic mass is 9.78. The molecule has 1 aromatic heterocycles. The lowest BCUT2D eigenvalue weighted by molar-refractivity contribution is 0.721. The minimum atomic E-state index is 0.171. The van der Waals surface area contributed by atoms with E-state index in [1.807, 2.05) is 0 Å². The Labute approximate surface area is 226 Å². The maximum Gasteiger partial charge on any atom is 0.0743 e. The highest BCUT2D eigenvalue weighted by molar-refractivity contribution is 5.88. The molecule has 0 N–H and O–H groups in total. The molecule has 1 atom stereocenters. The van der Waals surface area contributed by atoms with Crippen molar-refractivity contribution in [3.05, 3.63) is 166 Å². The molecule has 2 aliphatic rings. The highest BCUT2D eigenvalue weighted by Gasteiger charge is 2.34. The quantitative estimate of drug-likeness (QED) is 0.262. The molecule has 0 fully saturated rings. The van der Waals surface area contributed by atoms with Gasteiger partial charge in [-0.25, -0.2) is 0 Å². The summed E-state index contributed by atoms with van der Waals surface area (Å²) in [6.07, 6.45) is 7.90. The Morgan fingerprint density at radius 3 is 2.03 bits per heavy atom. The summed E-state index contributed by atoms with van der Waals surface area (Å²) in [7, 11) is 0. The third-order valence-electron chi connectivity index (χ3n) is 8.07. The number of pyridine rings is 1. The van der Waals surface area contributed by atoms with Crippen LogP contribution in [0.5, 0.6) is 0 Å². The van der Waals surface area contributed by atoms with Crippen LogP contribution in [0.15, 0.2) is 127 Å². The van der Waals surface area contributed by atoms with Gasteiger partial charge in [0.2, 0.25) is 0 Å². The molecule has 0 saturated heterocycles. The smallest absolute Gasteiger partial charge is 0.0743 e. The topological polar surface area (TPSA) is 12.9 Å². The zero-order chi connectivity index (χ0) is 26.2. The van der Waals surface area contributed by atoms with Gasteiger partial charge in [0.25, 0.3) is 0 Å². The Kier molecular flexibility index (Phi) is 6.29. The normalized spacial score (nSPS) is 16.5.